The molecule has 0 spiro atoms. The molecule has 0 saturated heterocycles. The number of carbonyl (C=O) groups is 2. The number of hydrogen-bond donors (Lipinski definition) is 1. The fraction of sp³-hybridized carbons (Fsp3) is 0.176. The molecular formula is C17H15FN2O2. The molecule has 5 heteroatoms. The SMILES string of the molecule is CC(C(=O)Nc1cccc(F)c1)N1Cc2ccccc2C1=O. The quantitative estimate of drug-likeness (QED) is 0.947. The lowest BCUT2D eigenvalue weighted by atomic mass is 10.1. The largest absolute Gasteiger partial charge is 0.324 e. The second-order valence-electron chi connectivity index (χ2n) is 5.27. The fourth-order valence-electron chi connectivity index (χ4n) is 2.54. The van der Waals surface area contributed by atoms with Crippen LogP contribution in [-0.2, 0) is 11.3 Å². The van der Waals surface area contributed by atoms with Crippen LogP contribution in [0.15, 0.2) is 48.5 Å². The maximum Gasteiger partial charge on any atom is 0.255 e. The standard InChI is InChI=1S/C17H15FN2O2/c1-11(16(21)19-14-7-4-6-13(18)9-14)20-10-12-5-2-3-8-15(12)17(20)22/h2-9,11H,10H2,1H3,(H,19,21). The van der Waals surface area contributed by atoms with Crippen molar-refractivity contribution >= 4 is 17.5 Å². The van der Waals surface area contributed by atoms with E-state index >= 15 is 0 Å². The lowest BCUT2D eigenvalue weighted by molar-refractivity contribution is -0.120. The maximum atomic E-state index is 13.1. The molecule has 0 aromatic heterocycles. The number of rotatable bonds is 3. The normalized spacial score (nSPS) is 14.6. The van der Waals surface area contributed by atoms with Crippen molar-refractivity contribution in [3.8, 4) is 0 Å². The summed E-state index contributed by atoms with van der Waals surface area (Å²) in [7, 11) is 0. The van der Waals surface area contributed by atoms with Crippen molar-refractivity contribution in [2.75, 3.05) is 5.32 Å². The predicted molar refractivity (Wildman–Crippen MR) is 80.8 cm³/mol. The van der Waals surface area contributed by atoms with Crippen LogP contribution in [-0.4, -0.2) is 22.8 Å². The maximum absolute atomic E-state index is 13.1. The molecule has 0 fully saturated rings. The molecule has 0 aliphatic carbocycles. The number of anilines is 1. The Kier molecular flexibility index (Phi) is 3.63. The lowest BCUT2D eigenvalue weighted by Crippen LogP contribution is -2.42. The number of amides is 2. The van der Waals surface area contributed by atoms with Crippen LogP contribution in [0.25, 0.3) is 0 Å². The third kappa shape index (κ3) is 2.57. The van der Waals surface area contributed by atoms with Gasteiger partial charge in [0.2, 0.25) is 5.91 Å². The van der Waals surface area contributed by atoms with E-state index in [0.717, 1.165) is 5.56 Å². The molecule has 2 aromatic carbocycles. The Bertz CT molecular complexity index is 745. The van der Waals surface area contributed by atoms with Gasteiger partial charge in [0.05, 0.1) is 0 Å². The molecular weight excluding hydrogens is 283 g/mol. The van der Waals surface area contributed by atoms with Gasteiger partial charge in [-0.1, -0.05) is 24.3 Å². The van der Waals surface area contributed by atoms with E-state index in [1.807, 2.05) is 12.1 Å². The van der Waals surface area contributed by atoms with Gasteiger partial charge in [0.1, 0.15) is 11.9 Å². The summed E-state index contributed by atoms with van der Waals surface area (Å²) >= 11 is 0. The average Bonchev–Trinajstić information content (AvgIpc) is 2.84. The number of fused-ring (bicyclic) bond motifs is 1. The van der Waals surface area contributed by atoms with Crippen molar-refractivity contribution in [3.63, 3.8) is 0 Å². The van der Waals surface area contributed by atoms with E-state index in [4.69, 9.17) is 0 Å². The molecule has 0 saturated carbocycles. The van der Waals surface area contributed by atoms with E-state index in [0.29, 0.717) is 17.8 Å². The highest BCUT2D eigenvalue weighted by molar-refractivity contribution is 6.03. The summed E-state index contributed by atoms with van der Waals surface area (Å²) < 4.78 is 13.1. The zero-order valence-electron chi connectivity index (χ0n) is 12.0. The van der Waals surface area contributed by atoms with Gasteiger partial charge in [-0.2, -0.15) is 0 Å². The van der Waals surface area contributed by atoms with E-state index in [-0.39, 0.29) is 11.8 Å². The first-order valence-corrected chi connectivity index (χ1v) is 7.01. The summed E-state index contributed by atoms with van der Waals surface area (Å²) in [6, 6.07) is 12.3. The van der Waals surface area contributed by atoms with Crippen molar-refractivity contribution in [1.82, 2.24) is 4.90 Å². The number of nitrogens with one attached hydrogen (secondary N) is 1. The average molecular weight is 298 g/mol. The van der Waals surface area contributed by atoms with E-state index in [1.54, 1.807) is 25.1 Å². The van der Waals surface area contributed by atoms with Gasteiger partial charge in [0, 0.05) is 17.8 Å². The zero-order valence-corrected chi connectivity index (χ0v) is 12.0. The van der Waals surface area contributed by atoms with Gasteiger partial charge < -0.3 is 10.2 Å². The number of benzene rings is 2. The van der Waals surface area contributed by atoms with Crippen molar-refractivity contribution in [2.24, 2.45) is 0 Å². The van der Waals surface area contributed by atoms with Crippen molar-refractivity contribution < 1.29 is 14.0 Å². The van der Waals surface area contributed by atoms with Gasteiger partial charge in [-0.3, -0.25) is 9.59 Å². The summed E-state index contributed by atoms with van der Waals surface area (Å²) in [5.74, 6) is -0.917. The van der Waals surface area contributed by atoms with Gasteiger partial charge in [0.25, 0.3) is 5.91 Å². The van der Waals surface area contributed by atoms with Crippen LogP contribution in [0.4, 0.5) is 10.1 Å². The van der Waals surface area contributed by atoms with Crippen LogP contribution in [0.2, 0.25) is 0 Å². The van der Waals surface area contributed by atoms with Crippen molar-refractivity contribution in [1.29, 1.82) is 0 Å². The minimum Gasteiger partial charge on any atom is -0.324 e. The fourth-order valence-corrected chi connectivity index (χ4v) is 2.54. The van der Waals surface area contributed by atoms with E-state index < -0.39 is 11.9 Å². The van der Waals surface area contributed by atoms with E-state index in [2.05, 4.69) is 5.32 Å². The highest BCUT2D eigenvalue weighted by atomic mass is 19.1. The topological polar surface area (TPSA) is 49.4 Å². The Hall–Kier alpha value is -2.69. The molecule has 4 nitrogen and oxygen atoms in total. The Morgan fingerprint density at radius 3 is 2.73 bits per heavy atom. The molecule has 3 rings (SSSR count). The molecule has 1 N–H and O–H groups in total. The molecule has 0 radical (unpaired) electrons. The molecule has 2 aromatic rings. The summed E-state index contributed by atoms with van der Waals surface area (Å²) in [5.41, 5.74) is 1.92. The minimum atomic E-state index is -0.636. The van der Waals surface area contributed by atoms with Gasteiger partial charge >= 0.3 is 0 Å². The highest BCUT2D eigenvalue weighted by Gasteiger charge is 2.33. The van der Waals surface area contributed by atoms with Crippen molar-refractivity contribution in [3.05, 3.63) is 65.5 Å². The van der Waals surface area contributed by atoms with Gasteiger partial charge in [0.15, 0.2) is 0 Å². The first kappa shape index (κ1) is 14.3. The number of carbonyl (C=O) groups excluding carboxylic acids is 2. The van der Waals surface area contributed by atoms with Crippen LogP contribution in [0.1, 0.15) is 22.8 Å². The highest BCUT2D eigenvalue weighted by Crippen LogP contribution is 2.24. The zero-order chi connectivity index (χ0) is 15.7. The van der Waals surface area contributed by atoms with E-state index in [9.17, 15) is 14.0 Å². The third-order valence-corrected chi connectivity index (χ3v) is 3.79. The van der Waals surface area contributed by atoms with Gasteiger partial charge in [-0.05, 0) is 36.8 Å². The molecule has 1 heterocycles. The second kappa shape index (κ2) is 5.60. The third-order valence-electron chi connectivity index (χ3n) is 3.79. The molecule has 0 bridgehead atoms. The first-order chi connectivity index (χ1) is 10.6. The summed E-state index contributed by atoms with van der Waals surface area (Å²) in [6.45, 7) is 2.07. The van der Waals surface area contributed by atoms with Crippen LogP contribution < -0.4 is 5.32 Å². The molecule has 22 heavy (non-hydrogen) atoms. The van der Waals surface area contributed by atoms with Crippen LogP contribution in [0.5, 0.6) is 0 Å². The van der Waals surface area contributed by atoms with Gasteiger partial charge in [-0.25, -0.2) is 4.39 Å². The molecule has 1 aliphatic heterocycles. The first-order valence-electron chi connectivity index (χ1n) is 7.01. The predicted octanol–water partition coefficient (Wildman–Crippen LogP) is 2.81. The molecule has 1 aliphatic rings. The Morgan fingerprint density at radius 2 is 2.00 bits per heavy atom. The summed E-state index contributed by atoms with van der Waals surface area (Å²) in [6.07, 6.45) is 0. The second-order valence-corrected chi connectivity index (χ2v) is 5.27. The van der Waals surface area contributed by atoms with Crippen molar-refractivity contribution in [2.45, 2.75) is 19.5 Å². The van der Waals surface area contributed by atoms with Crippen LogP contribution >= 0.6 is 0 Å². The smallest absolute Gasteiger partial charge is 0.255 e. The Labute approximate surface area is 127 Å². The summed E-state index contributed by atoms with van der Waals surface area (Å²) in [5, 5.41) is 2.63. The number of hydrogen-bond acceptors (Lipinski definition) is 2. The van der Waals surface area contributed by atoms with Crippen LogP contribution in [0, 0.1) is 5.82 Å². The molecule has 112 valence electrons. The molecule has 1 atom stereocenters. The lowest BCUT2D eigenvalue weighted by Gasteiger charge is -2.23. The monoisotopic (exact) mass is 298 g/mol. The Balaban J connectivity index is 1.74. The van der Waals surface area contributed by atoms with Gasteiger partial charge in [-0.15, -0.1) is 0 Å². The number of halogens is 1. The Morgan fingerprint density at radius 1 is 1.23 bits per heavy atom. The molecule has 1 unspecified atom stereocenters. The van der Waals surface area contributed by atoms with Crippen LogP contribution in [0.3, 0.4) is 0 Å². The summed E-state index contributed by atoms with van der Waals surface area (Å²) in [4.78, 5) is 26.1. The number of nitrogens with zero attached hydrogens (tertiary/aromatic N) is 1. The minimum absolute atomic E-state index is 0.155. The van der Waals surface area contributed by atoms with E-state index in [1.165, 1.54) is 23.1 Å². The molecule has 2 amide bonds.